The Morgan fingerprint density at radius 3 is 2.36 bits per heavy atom. The van der Waals surface area contributed by atoms with Gasteiger partial charge in [0.1, 0.15) is 0 Å². The molecule has 82 valence electrons. The predicted octanol–water partition coefficient (Wildman–Crippen LogP) is 1.37. The summed E-state index contributed by atoms with van der Waals surface area (Å²) >= 11 is 0. The lowest BCUT2D eigenvalue weighted by Crippen LogP contribution is -2.41. The van der Waals surface area contributed by atoms with Gasteiger partial charge in [-0.3, -0.25) is 9.69 Å². The lowest BCUT2D eigenvalue weighted by molar-refractivity contribution is -0.119. The molecular formula is C11H22N2O. The highest BCUT2D eigenvalue weighted by Gasteiger charge is 2.28. The summed E-state index contributed by atoms with van der Waals surface area (Å²) in [7, 11) is 1.99. The Kier molecular flexibility index (Phi) is 3.53. The van der Waals surface area contributed by atoms with E-state index in [1.807, 2.05) is 7.05 Å². The number of hydrogen-bond donors (Lipinski definition) is 1. The summed E-state index contributed by atoms with van der Waals surface area (Å²) in [5.41, 5.74) is 5.66. The fourth-order valence-electron chi connectivity index (χ4n) is 2.20. The molecule has 0 radical (unpaired) electrons. The third kappa shape index (κ3) is 3.29. The molecule has 0 spiro atoms. The van der Waals surface area contributed by atoms with Gasteiger partial charge in [-0.2, -0.15) is 0 Å². The molecule has 1 aliphatic rings. The molecule has 0 heterocycles. The zero-order chi connectivity index (χ0) is 10.8. The van der Waals surface area contributed by atoms with Crippen LogP contribution in [0.15, 0.2) is 0 Å². The van der Waals surface area contributed by atoms with E-state index in [9.17, 15) is 4.79 Å². The maximum Gasteiger partial charge on any atom is 0.231 e. The van der Waals surface area contributed by atoms with Gasteiger partial charge in [-0.1, -0.05) is 13.8 Å². The van der Waals surface area contributed by atoms with E-state index >= 15 is 0 Å². The molecule has 0 bridgehead atoms. The van der Waals surface area contributed by atoms with Gasteiger partial charge in [0, 0.05) is 6.04 Å². The first-order valence-corrected chi connectivity index (χ1v) is 5.39. The van der Waals surface area contributed by atoms with E-state index in [0.29, 0.717) is 18.0 Å². The Hall–Kier alpha value is -0.570. The monoisotopic (exact) mass is 198 g/mol. The van der Waals surface area contributed by atoms with E-state index < -0.39 is 0 Å². The molecule has 1 rings (SSSR count). The van der Waals surface area contributed by atoms with Gasteiger partial charge in [-0.15, -0.1) is 0 Å². The fraction of sp³-hybridized carbons (Fsp3) is 0.909. The smallest absolute Gasteiger partial charge is 0.231 e. The summed E-state index contributed by atoms with van der Waals surface area (Å²) < 4.78 is 0. The topological polar surface area (TPSA) is 46.3 Å². The summed E-state index contributed by atoms with van der Waals surface area (Å²) in [5, 5.41) is 0. The highest BCUT2D eigenvalue weighted by molar-refractivity contribution is 5.75. The maximum absolute atomic E-state index is 10.8. The van der Waals surface area contributed by atoms with Gasteiger partial charge in [0.15, 0.2) is 0 Å². The Morgan fingerprint density at radius 1 is 1.43 bits per heavy atom. The average Bonchev–Trinajstić information content (AvgIpc) is 2.02. The van der Waals surface area contributed by atoms with Crippen molar-refractivity contribution in [2.75, 3.05) is 13.6 Å². The number of primary amides is 1. The van der Waals surface area contributed by atoms with Crippen molar-refractivity contribution in [2.24, 2.45) is 11.1 Å². The van der Waals surface area contributed by atoms with Gasteiger partial charge in [0.05, 0.1) is 6.54 Å². The van der Waals surface area contributed by atoms with E-state index in [0.717, 1.165) is 0 Å². The molecule has 1 amide bonds. The lowest BCUT2D eigenvalue weighted by Gasteiger charge is -2.38. The minimum Gasteiger partial charge on any atom is -0.369 e. The molecule has 0 aromatic heterocycles. The van der Waals surface area contributed by atoms with Crippen LogP contribution in [0.1, 0.15) is 39.5 Å². The zero-order valence-corrected chi connectivity index (χ0v) is 9.55. The van der Waals surface area contributed by atoms with Gasteiger partial charge in [0.2, 0.25) is 5.91 Å². The number of likely N-dealkylation sites (N-methyl/N-ethyl adjacent to an activating group) is 1. The summed E-state index contributed by atoms with van der Waals surface area (Å²) in [6, 6.07) is 0.551. The summed E-state index contributed by atoms with van der Waals surface area (Å²) in [5.74, 6) is -0.225. The molecule has 0 atom stereocenters. The van der Waals surface area contributed by atoms with Gasteiger partial charge >= 0.3 is 0 Å². The van der Waals surface area contributed by atoms with Crippen molar-refractivity contribution in [1.29, 1.82) is 0 Å². The predicted molar refractivity (Wildman–Crippen MR) is 57.9 cm³/mol. The van der Waals surface area contributed by atoms with Crippen LogP contribution in [-0.2, 0) is 4.79 Å². The fourth-order valence-corrected chi connectivity index (χ4v) is 2.20. The largest absolute Gasteiger partial charge is 0.369 e. The summed E-state index contributed by atoms with van der Waals surface area (Å²) in [6.45, 7) is 5.03. The Balaban J connectivity index is 2.37. The van der Waals surface area contributed by atoms with Crippen molar-refractivity contribution in [3.63, 3.8) is 0 Å². The molecule has 1 aliphatic carbocycles. The van der Waals surface area contributed by atoms with Crippen LogP contribution < -0.4 is 5.73 Å². The number of rotatable bonds is 3. The Bertz CT molecular complexity index is 203. The van der Waals surface area contributed by atoms with Crippen LogP contribution in [0.5, 0.6) is 0 Å². The van der Waals surface area contributed by atoms with Gasteiger partial charge in [0.25, 0.3) is 0 Å². The van der Waals surface area contributed by atoms with Crippen molar-refractivity contribution in [3.8, 4) is 0 Å². The van der Waals surface area contributed by atoms with Crippen LogP contribution in [0.2, 0.25) is 0 Å². The molecule has 0 aromatic carbocycles. The third-order valence-electron chi connectivity index (χ3n) is 3.34. The minimum atomic E-state index is -0.225. The number of nitrogens with zero attached hydrogens (tertiary/aromatic N) is 1. The van der Waals surface area contributed by atoms with E-state index in [4.69, 9.17) is 5.73 Å². The second kappa shape index (κ2) is 4.30. The molecular weight excluding hydrogens is 176 g/mol. The number of carbonyl (C=O) groups is 1. The van der Waals surface area contributed by atoms with Crippen molar-refractivity contribution >= 4 is 5.91 Å². The first-order valence-electron chi connectivity index (χ1n) is 5.39. The van der Waals surface area contributed by atoms with Gasteiger partial charge in [-0.25, -0.2) is 0 Å². The van der Waals surface area contributed by atoms with Crippen molar-refractivity contribution in [1.82, 2.24) is 4.90 Å². The molecule has 14 heavy (non-hydrogen) atoms. The van der Waals surface area contributed by atoms with Crippen LogP contribution in [0, 0.1) is 5.41 Å². The normalized spacial score (nSPS) is 22.6. The molecule has 2 N–H and O–H groups in total. The molecule has 0 aliphatic heterocycles. The van der Waals surface area contributed by atoms with Crippen LogP contribution >= 0.6 is 0 Å². The highest BCUT2D eigenvalue weighted by Crippen LogP contribution is 2.36. The third-order valence-corrected chi connectivity index (χ3v) is 3.34. The molecule has 3 heteroatoms. The molecule has 0 saturated heterocycles. The number of nitrogens with two attached hydrogens (primary N) is 1. The second-order valence-electron chi connectivity index (χ2n) is 5.28. The lowest BCUT2D eigenvalue weighted by atomic mass is 9.75. The SMILES string of the molecule is CN(CC(N)=O)C1CCC(C)(C)CC1. The second-order valence-corrected chi connectivity index (χ2v) is 5.28. The molecule has 0 aromatic rings. The summed E-state index contributed by atoms with van der Waals surface area (Å²) in [4.78, 5) is 12.9. The average molecular weight is 198 g/mol. The van der Waals surface area contributed by atoms with Gasteiger partial charge in [-0.05, 0) is 38.1 Å². The first-order chi connectivity index (χ1) is 6.41. The maximum atomic E-state index is 10.8. The van der Waals surface area contributed by atoms with Crippen LogP contribution in [-0.4, -0.2) is 30.4 Å². The standard InChI is InChI=1S/C11H22N2O/c1-11(2)6-4-9(5-7-11)13(3)8-10(12)14/h9H,4-8H2,1-3H3,(H2,12,14). The van der Waals surface area contributed by atoms with E-state index in [1.165, 1.54) is 25.7 Å². The Labute approximate surface area is 86.6 Å². The van der Waals surface area contributed by atoms with Crippen molar-refractivity contribution in [2.45, 2.75) is 45.6 Å². The van der Waals surface area contributed by atoms with E-state index in [1.54, 1.807) is 0 Å². The quantitative estimate of drug-likeness (QED) is 0.744. The first kappa shape index (κ1) is 11.5. The van der Waals surface area contributed by atoms with Gasteiger partial charge < -0.3 is 5.73 Å². The van der Waals surface area contributed by atoms with Crippen molar-refractivity contribution < 1.29 is 4.79 Å². The van der Waals surface area contributed by atoms with Crippen LogP contribution in [0.25, 0.3) is 0 Å². The number of amides is 1. The van der Waals surface area contributed by atoms with Crippen molar-refractivity contribution in [3.05, 3.63) is 0 Å². The summed E-state index contributed by atoms with van der Waals surface area (Å²) in [6.07, 6.45) is 4.88. The minimum absolute atomic E-state index is 0.225. The van der Waals surface area contributed by atoms with E-state index in [-0.39, 0.29) is 5.91 Å². The number of carbonyl (C=O) groups excluding carboxylic acids is 1. The number of hydrogen-bond acceptors (Lipinski definition) is 2. The molecule has 0 unspecified atom stereocenters. The Morgan fingerprint density at radius 2 is 1.93 bits per heavy atom. The molecule has 1 saturated carbocycles. The van der Waals surface area contributed by atoms with E-state index in [2.05, 4.69) is 18.7 Å². The highest BCUT2D eigenvalue weighted by atomic mass is 16.1. The van der Waals surface area contributed by atoms with Crippen LogP contribution in [0.4, 0.5) is 0 Å². The molecule has 3 nitrogen and oxygen atoms in total. The molecule has 1 fully saturated rings. The zero-order valence-electron chi connectivity index (χ0n) is 9.55. The van der Waals surface area contributed by atoms with Crippen LogP contribution in [0.3, 0.4) is 0 Å².